The molecule has 3 N–H and O–H groups in total. The van der Waals surface area contributed by atoms with E-state index in [1.54, 1.807) is 63.2 Å². The molecular formula is C23H27N3O6. The predicted octanol–water partition coefficient (Wildman–Crippen LogP) is 3.01. The van der Waals surface area contributed by atoms with Crippen LogP contribution in [0.5, 0.6) is 5.75 Å². The first-order chi connectivity index (χ1) is 15.0. The fraction of sp³-hybridized carbons (Fsp3) is 0.304. The molecule has 32 heavy (non-hydrogen) atoms. The van der Waals surface area contributed by atoms with Crippen LogP contribution in [-0.4, -0.2) is 36.0 Å². The van der Waals surface area contributed by atoms with Crippen LogP contribution in [0.25, 0.3) is 0 Å². The van der Waals surface area contributed by atoms with Crippen molar-refractivity contribution in [1.29, 1.82) is 0 Å². The van der Waals surface area contributed by atoms with Crippen molar-refractivity contribution >= 4 is 29.6 Å². The molecule has 0 spiro atoms. The maximum absolute atomic E-state index is 12.5. The number of carbonyl (C=O) groups is 4. The Hall–Kier alpha value is -3.88. The molecular weight excluding hydrogens is 414 g/mol. The van der Waals surface area contributed by atoms with Gasteiger partial charge in [-0.15, -0.1) is 0 Å². The Morgan fingerprint density at radius 2 is 1.66 bits per heavy atom. The SMILES string of the molecule is CC(=O)Oc1cccc(C(=O)NCc2ccccc2NC(=O)CNC(=O)OC(C)(C)C)c1. The molecule has 0 fully saturated rings. The van der Waals surface area contributed by atoms with Crippen molar-refractivity contribution in [2.24, 2.45) is 0 Å². The molecule has 2 aromatic carbocycles. The molecule has 0 unspecified atom stereocenters. The number of benzene rings is 2. The van der Waals surface area contributed by atoms with Gasteiger partial charge in [-0.2, -0.15) is 0 Å². The summed E-state index contributed by atoms with van der Waals surface area (Å²) in [5.74, 6) is -1.01. The van der Waals surface area contributed by atoms with Gasteiger partial charge in [-0.3, -0.25) is 14.4 Å². The van der Waals surface area contributed by atoms with Crippen LogP contribution in [0.15, 0.2) is 48.5 Å². The Bertz CT molecular complexity index is 997. The topological polar surface area (TPSA) is 123 Å². The molecule has 0 radical (unpaired) electrons. The molecule has 0 aliphatic rings. The maximum atomic E-state index is 12.5. The number of amides is 3. The Balaban J connectivity index is 1.94. The van der Waals surface area contributed by atoms with Crippen molar-refractivity contribution < 1.29 is 28.7 Å². The first kappa shape index (κ1) is 24.4. The summed E-state index contributed by atoms with van der Waals surface area (Å²) in [7, 11) is 0. The summed E-state index contributed by atoms with van der Waals surface area (Å²) < 4.78 is 10.1. The number of hydrogen-bond donors (Lipinski definition) is 3. The quantitative estimate of drug-likeness (QED) is 0.448. The van der Waals surface area contributed by atoms with Gasteiger partial charge in [0.2, 0.25) is 5.91 Å². The number of hydrogen-bond acceptors (Lipinski definition) is 6. The average molecular weight is 441 g/mol. The average Bonchev–Trinajstić information content (AvgIpc) is 2.70. The van der Waals surface area contributed by atoms with Crippen LogP contribution in [-0.2, 0) is 20.9 Å². The first-order valence-electron chi connectivity index (χ1n) is 9.95. The highest BCUT2D eigenvalue weighted by atomic mass is 16.6. The molecule has 170 valence electrons. The standard InChI is InChI=1S/C23H27N3O6/c1-15(27)31-18-10-7-9-16(12-18)21(29)24-13-17-8-5-6-11-19(17)26-20(28)14-25-22(30)32-23(2,3)4/h5-12H,13-14H2,1-4H3,(H,24,29)(H,25,30)(H,26,28). The predicted molar refractivity (Wildman–Crippen MR) is 118 cm³/mol. The van der Waals surface area contributed by atoms with Crippen LogP contribution >= 0.6 is 0 Å². The summed E-state index contributed by atoms with van der Waals surface area (Å²) in [6.45, 7) is 6.34. The van der Waals surface area contributed by atoms with Gasteiger partial charge in [-0.1, -0.05) is 24.3 Å². The lowest BCUT2D eigenvalue weighted by Gasteiger charge is -2.19. The van der Waals surface area contributed by atoms with Gasteiger partial charge in [0.25, 0.3) is 5.91 Å². The lowest BCUT2D eigenvalue weighted by atomic mass is 10.1. The Morgan fingerprint density at radius 1 is 0.938 bits per heavy atom. The number of carbonyl (C=O) groups excluding carboxylic acids is 4. The van der Waals surface area contributed by atoms with E-state index in [0.717, 1.165) is 0 Å². The summed E-state index contributed by atoms with van der Waals surface area (Å²) in [6, 6.07) is 13.2. The van der Waals surface area contributed by atoms with Crippen LogP contribution in [0.3, 0.4) is 0 Å². The van der Waals surface area contributed by atoms with Gasteiger partial charge in [0, 0.05) is 24.7 Å². The lowest BCUT2D eigenvalue weighted by molar-refractivity contribution is -0.131. The van der Waals surface area contributed by atoms with E-state index in [-0.39, 0.29) is 24.7 Å². The van der Waals surface area contributed by atoms with Crippen molar-refractivity contribution in [3.63, 3.8) is 0 Å². The molecule has 0 heterocycles. The van der Waals surface area contributed by atoms with Crippen LogP contribution in [0.2, 0.25) is 0 Å². The fourth-order valence-corrected chi connectivity index (χ4v) is 2.60. The number of anilines is 1. The summed E-state index contributed by atoms with van der Waals surface area (Å²) in [4.78, 5) is 47.5. The Kier molecular flexibility index (Phi) is 8.34. The molecule has 0 aliphatic carbocycles. The van der Waals surface area contributed by atoms with Crippen LogP contribution in [0, 0.1) is 0 Å². The minimum Gasteiger partial charge on any atom is -0.444 e. The smallest absolute Gasteiger partial charge is 0.408 e. The van der Waals surface area contributed by atoms with Crippen LogP contribution in [0.4, 0.5) is 10.5 Å². The van der Waals surface area contributed by atoms with E-state index < -0.39 is 23.6 Å². The third kappa shape index (κ3) is 8.47. The van der Waals surface area contributed by atoms with E-state index in [1.807, 2.05) is 0 Å². The molecule has 9 nitrogen and oxygen atoms in total. The van der Waals surface area contributed by atoms with Crippen LogP contribution in [0.1, 0.15) is 43.6 Å². The van der Waals surface area contributed by atoms with E-state index in [4.69, 9.17) is 9.47 Å². The van der Waals surface area contributed by atoms with Crippen molar-refractivity contribution in [1.82, 2.24) is 10.6 Å². The zero-order valence-corrected chi connectivity index (χ0v) is 18.5. The highest BCUT2D eigenvalue weighted by Gasteiger charge is 2.17. The van der Waals surface area contributed by atoms with Gasteiger partial charge >= 0.3 is 12.1 Å². The van der Waals surface area contributed by atoms with Gasteiger partial charge in [0.15, 0.2) is 0 Å². The Morgan fingerprint density at radius 3 is 2.34 bits per heavy atom. The third-order valence-electron chi connectivity index (χ3n) is 3.88. The molecule has 0 bridgehead atoms. The normalized spacial score (nSPS) is 10.6. The highest BCUT2D eigenvalue weighted by molar-refractivity contribution is 5.96. The molecule has 0 aliphatic heterocycles. The van der Waals surface area contributed by atoms with Crippen LogP contribution < -0.4 is 20.7 Å². The minimum atomic E-state index is -0.691. The van der Waals surface area contributed by atoms with E-state index in [0.29, 0.717) is 16.8 Å². The van der Waals surface area contributed by atoms with Crippen molar-refractivity contribution in [2.45, 2.75) is 39.8 Å². The summed E-state index contributed by atoms with van der Waals surface area (Å²) >= 11 is 0. The highest BCUT2D eigenvalue weighted by Crippen LogP contribution is 2.16. The molecule has 0 aromatic heterocycles. The van der Waals surface area contributed by atoms with Gasteiger partial charge in [0.1, 0.15) is 17.9 Å². The monoisotopic (exact) mass is 441 g/mol. The number of para-hydroxylation sites is 1. The summed E-state index contributed by atoms with van der Waals surface area (Å²) in [5.41, 5.74) is 0.829. The maximum Gasteiger partial charge on any atom is 0.408 e. The molecule has 2 aromatic rings. The van der Waals surface area contributed by atoms with Gasteiger partial charge in [-0.25, -0.2) is 4.79 Å². The first-order valence-corrected chi connectivity index (χ1v) is 9.95. The van der Waals surface area contributed by atoms with Gasteiger partial charge in [-0.05, 0) is 50.6 Å². The second kappa shape index (κ2) is 10.9. The number of alkyl carbamates (subject to hydrolysis) is 1. The number of rotatable bonds is 7. The van der Waals surface area contributed by atoms with Crippen molar-refractivity contribution in [2.75, 3.05) is 11.9 Å². The number of ether oxygens (including phenoxy) is 2. The molecule has 0 atom stereocenters. The van der Waals surface area contributed by atoms with Crippen molar-refractivity contribution in [3.8, 4) is 5.75 Å². The number of nitrogens with one attached hydrogen (secondary N) is 3. The van der Waals surface area contributed by atoms with E-state index >= 15 is 0 Å². The number of esters is 1. The van der Waals surface area contributed by atoms with E-state index in [9.17, 15) is 19.2 Å². The van der Waals surface area contributed by atoms with E-state index in [2.05, 4.69) is 16.0 Å². The molecule has 3 amide bonds. The molecule has 9 heteroatoms. The largest absolute Gasteiger partial charge is 0.444 e. The zero-order valence-electron chi connectivity index (χ0n) is 18.5. The molecule has 2 rings (SSSR count). The third-order valence-corrected chi connectivity index (χ3v) is 3.88. The molecule has 0 saturated carbocycles. The second-order valence-corrected chi connectivity index (χ2v) is 7.86. The summed E-state index contributed by atoms with van der Waals surface area (Å²) in [6.07, 6.45) is -0.691. The fourth-order valence-electron chi connectivity index (χ4n) is 2.60. The summed E-state index contributed by atoms with van der Waals surface area (Å²) in [5, 5.41) is 7.86. The minimum absolute atomic E-state index is 0.145. The zero-order chi connectivity index (χ0) is 23.7. The van der Waals surface area contributed by atoms with Gasteiger partial charge < -0.3 is 25.4 Å². The second-order valence-electron chi connectivity index (χ2n) is 7.86. The molecule has 0 saturated heterocycles. The van der Waals surface area contributed by atoms with Crippen molar-refractivity contribution in [3.05, 3.63) is 59.7 Å². The van der Waals surface area contributed by atoms with E-state index in [1.165, 1.54) is 13.0 Å². The lowest BCUT2D eigenvalue weighted by Crippen LogP contribution is -2.37. The Labute approximate surface area is 186 Å². The van der Waals surface area contributed by atoms with Gasteiger partial charge in [0.05, 0.1) is 0 Å².